The molecule has 2 aliphatic rings. The molecule has 2 N–H and O–H groups in total. The summed E-state index contributed by atoms with van der Waals surface area (Å²) in [5, 5.41) is 0. The number of carbonyl (C=O) groups is 1. The number of amides is 1. The normalized spacial score (nSPS) is 18.0. The molecule has 1 aliphatic carbocycles. The topological polar surface area (TPSA) is 61.9 Å². The van der Waals surface area contributed by atoms with Gasteiger partial charge in [-0.2, -0.15) is 0 Å². The van der Waals surface area contributed by atoms with E-state index in [-0.39, 0.29) is 29.9 Å². The Morgan fingerprint density at radius 3 is 2.42 bits per heavy atom. The molecule has 6 heteroatoms. The molecule has 1 aromatic rings. The molecule has 1 saturated carbocycles. The summed E-state index contributed by atoms with van der Waals surface area (Å²) in [5.41, 5.74) is 7.84. The minimum absolute atomic E-state index is 0. The zero-order valence-corrected chi connectivity index (χ0v) is 16.6. The smallest absolute Gasteiger partial charge is 0.253 e. The van der Waals surface area contributed by atoms with Gasteiger partial charge in [-0.3, -0.25) is 4.79 Å². The second-order valence-electron chi connectivity index (χ2n) is 6.57. The SMILES string of the molecule is CN(C(N)=NCc1ccc(C(=O)N2CCCCC2)cc1)C1CC1.I. The zero-order chi connectivity index (χ0) is 16.2. The van der Waals surface area contributed by atoms with E-state index in [9.17, 15) is 4.79 Å². The molecule has 0 spiro atoms. The summed E-state index contributed by atoms with van der Waals surface area (Å²) in [6.07, 6.45) is 5.89. The molecule has 0 bridgehead atoms. The van der Waals surface area contributed by atoms with Crippen LogP contribution in [0.15, 0.2) is 29.3 Å². The van der Waals surface area contributed by atoms with Gasteiger partial charge in [0.25, 0.3) is 5.91 Å². The van der Waals surface area contributed by atoms with Gasteiger partial charge in [-0.15, -0.1) is 24.0 Å². The number of hydrogen-bond acceptors (Lipinski definition) is 2. The molecule has 1 saturated heterocycles. The van der Waals surface area contributed by atoms with E-state index in [2.05, 4.69) is 4.99 Å². The van der Waals surface area contributed by atoms with Crippen LogP contribution in [-0.2, 0) is 6.54 Å². The standard InChI is InChI=1S/C18H26N4O.HI/c1-21(16-9-10-16)18(19)20-13-14-5-7-15(8-6-14)17(23)22-11-3-2-4-12-22;/h5-8,16H,2-4,9-13H2,1H3,(H2,19,20);1H. The maximum absolute atomic E-state index is 12.4. The maximum Gasteiger partial charge on any atom is 0.253 e. The van der Waals surface area contributed by atoms with Gasteiger partial charge in [0.15, 0.2) is 5.96 Å². The molecule has 1 amide bonds. The highest BCUT2D eigenvalue weighted by molar-refractivity contribution is 14.0. The van der Waals surface area contributed by atoms with Crippen LogP contribution in [0.25, 0.3) is 0 Å². The number of halogens is 1. The van der Waals surface area contributed by atoms with Crippen molar-refractivity contribution in [1.82, 2.24) is 9.80 Å². The van der Waals surface area contributed by atoms with Crippen molar-refractivity contribution in [2.45, 2.75) is 44.7 Å². The van der Waals surface area contributed by atoms with Gasteiger partial charge >= 0.3 is 0 Å². The molecule has 1 heterocycles. The van der Waals surface area contributed by atoms with Gasteiger partial charge in [-0.1, -0.05) is 12.1 Å². The lowest BCUT2D eigenvalue weighted by Gasteiger charge is -2.26. The van der Waals surface area contributed by atoms with Crippen LogP contribution < -0.4 is 5.73 Å². The summed E-state index contributed by atoms with van der Waals surface area (Å²) in [7, 11) is 2.00. The van der Waals surface area contributed by atoms with Crippen molar-refractivity contribution >= 4 is 35.8 Å². The fourth-order valence-electron chi connectivity index (χ4n) is 2.97. The highest BCUT2D eigenvalue weighted by Gasteiger charge is 2.27. The molecule has 0 atom stereocenters. The molecule has 0 aromatic heterocycles. The lowest BCUT2D eigenvalue weighted by Crippen LogP contribution is -2.35. The summed E-state index contributed by atoms with van der Waals surface area (Å²) in [5.74, 6) is 0.744. The summed E-state index contributed by atoms with van der Waals surface area (Å²) >= 11 is 0. The Labute approximate surface area is 161 Å². The third kappa shape index (κ3) is 4.84. The van der Waals surface area contributed by atoms with Crippen molar-refractivity contribution < 1.29 is 4.79 Å². The molecule has 3 rings (SSSR count). The predicted octanol–water partition coefficient (Wildman–Crippen LogP) is 2.84. The second-order valence-corrected chi connectivity index (χ2v) is 6.57. The van der Waals surface area contributed by atoms with E-state index in [0.717, 1.165) is 37.1 Å². The average molecular weight is 442 g/mol. The van der Waals surface area contributed by atoms with Crippen molar-refractivity contribution in [3.63, 3.8) is 0 Å². The molecule has 1 aromatic carbocycles. The summed E-state index contributed by atoms with van der Waals surface area (Å²) < 4.78 is 0. The molecular formula is C18H27IN4O. The third-order valence-corrected chi connectivity index (χ3v) is 4.72. The van der Waals surface area contributed by atoms with Crippen LogP contribution >= 0.6 is 24.0 Å². The molecule has 1 aliphatic heterocycles. The van der Waals surface area contributed by atoms with Gasteiger partial charge in [0.1, 0.15) is 0 Å². The van der Waals surface area contributed by atoms with Crippen molar-refractivity contribution in [3.8, 4) is 0 Å². The van der Waals surface area contributed by atoms with Crippen molar-refractivity contribution in [2.75, 3.05) is 20.1 Å². The number of nitrogens with zero attached hydrogens (tertiary/aromatic N) is 3. The molecule has 0 unspecified atom stereocenters. The Balaban J connectivity index is 0.00000208. The van der Waals surface area contributed by atoms with Crippen molar-refractivity contribution in [1.29, 1.82) is 0 Å². The lowest BCUT2D eigenvalue weighted by molar-refractivity contribution is 0.0724. The lowest BCUT2D eigenvalue weighted by atomic mass is 10.1. The van der Waals surface area contributed by atoms with Gasteiger partial charge in [-0.05, 0) is 49.8 Å². The number of hydrogen-bond donors (Lipinski definition) is 1. The third-order valence-electron chi connectivity index (χ3n) is 4.72. The number of guanidine groups is 1. The second kappa shape index (κ2) is 8.69. The number of rotatable bonds is 4. The number of aliphatic imine (C=N–C) groups is 1. The fourth-order valence-corrected chi connectivity index (χ4v) is 2.97. The zero-order valence-electron chi connectivity index (χ0n) is 14.3. The first kappa shape index (κ1) is 19.0. The first-order chi connectivity index (χ1) is 11.1. The van der Waals surface area contributed by atoms with E-state index in [4.69, 9.17) is 5.73 Å². The van der Waals surface area contributed by atoms with Crippen LogP contribution in [0.2, 0.25) is 0 Å². The Bertz CT molecular complexity index is 577. The number of carbonyl (C=O) groups excluding carboxylic acids is 1. The molecule has 132 valence electrons. The number of piperidine rings is 1. The number of nitrogens with two attached hydrogens (primary N) is 1. The highest BCUT2D eigenvalue weighted by Crippen LogP contribution is 2.25. The van der Waals surface area contributed by atoms with E-state index in [1.807, 2.05) is 41.1 Å². The van der Waals surface area contributed by atoms with Crippen LogP contribution in [0, 0.1) is 0 Å². The fraction of sp³-hybridized carbons (Fsp3) is 0.556. The number of benzene rings is 1. The van der Waals surface area contributed by atoms with E-state index in [0.29, 0.717) is 18.5 Å². The molecular weight excluding hydrogens is 415 g/mol. The average Bonchev–Trinajstić information content (AvgIpc) is 3.44. The van der Waals surface area contributed by atoms with E-state index in [1.165, 1.54) is 19.3 Å². The van der Waals surface area contributed by atoms with Crippen LogP contribution in [-0.4, -0.2) is 47.8 Å². The van der Waals surface area contributed by atoms with Crippen molar-refractivity contribution in [2.24, 2.45) is 10.7 Å². The first-order valence-corrected chi connectivity index (χ1v) is 8.56. The van der Waals surface area contributed by atoms with E-state index >= 15 is 0 Å². The Kier molecular flexibility index (Phi) is 6.89. The molecule has 5 nitrogen and oxygen atoms in total. The van der Waals surface area contributed by atoms with Gasteiger partial charge < -0.3 is 15.5 Å². The molecule has 0 radical (unpaired) electrons. The monoisotopic (exact) mass is 442 g/mol. The molecule has 24 heavy (non-hydrogen) atoms. The van der Waals surface area contributed by atoms with E-state index in [1.54, 1.807) is 0 Å². The number of likely N-dealkylation sites (tertiary alicyclic amines) is 1. The van der Waals surface area contributed by atoms with E-state index < -0.39 is 0 Å². The summed E-state index contributed by atoms with van der Waals surface area (Å²) in [4.78, 5) is 20.9. The van der Waals surface area contributed by atoms with Crippen LogP contribution in [0.3, 0.4) is 0 Å². The van der Waals surface area contributed by atoms with Crippen LogP contribution in [0.1, 0.15) is 48.0 Å². The first-order valence-electron chi connectivity index (χ1n) is 8.56. The minimum Gasteiger partial charge on any atom is -0.370 e. The largest absolute Gasteiger partial charge is 0.370 e. The van der Waals surface area contributed by atoms with Gasteiger partial charge in [0.2, 0.25) is 0 Å². The minimum atomic E-state index is 0. The van der Waals surface area contributed by atoms with Crippen LogP contribution in [0.4, 0.5) is 0 Å². The Morgan fingerprint density at radius 2 is 1.83 bits per heavy atom. The van der Waals surface area contributed by atoms with Crippen LogP contribution in [0.5, 0.6) is 0 Å². The highest BCUT2D eigenvalue weighted by atomic mass is 127. The summed E-state index contributed by atoms with van der Waals surface area (Å²) in [6, 6.07) is 8.34. The predicted molar refractivity (Wildman–Crippen MR) is 108 cm³/mol. The molecule has 2 fully saturated rings. The van der Waals surface area contributed by atoms with Crippen molar-refractivity contribution in [3.05, 3.63) is 35.4 Å². The van der Waals surface area contributed by atoms with Gasteiger partial charge in [0.05, 0.1) is 6.54 Å². The summed E-state index contributed by atoms with van der Waals surface area (Å²) in [6.45, 7) is 2.32. The van der Waals surface area contributed by atoms with Gasteiger partial charge in [-0.25, -0.2) is 4.99 Å². The maximum atomic E-state index is 12.4. The van der Waals surface area contributed by atoms with Gasteiger partial charge in [0, 0.05) is 31.7 Å². The quantitative estimate of drug-likeness (QED) is 0.443. The Morgan fingerprint density at radius 1 is 1.21 bits per heavy atom. The Hall–Kier alpha value is -1.31.